The number of carbonyl (C=O) groups excluding carboxylic acids is 1. The van der Waals surface area contributed by atoms with E-state index in [1.807, 2.05) is 4.90 Å². The summed E-state index contributed by atoms with van der Waals surface area (Å²) < 4.78 is 16.7. The highest BCUT2D eigenvalue weighted by Gasteiger charge is 2.33. The number of rotatable bonds is 3. The van der Waals surface area contributed by atoms with Crippen molar-refractivity contribution in [2.75, 3.05) is 39.5 Å². The predicted molar refractivity (Wildman–Crippen MR) is 86.9 cm³/mol. The summed E-state index contributed by atoms with van der Waals surface area (Å²) in [6.07, 6.45) is 7.21. The van der Waals surface area contributed by atoms with Crippen molar-refractivity contribution in [3.05, 3.63) is 17.8 Å². The summed E-state index contributed by atoms with van der Waals surface area (Å²) in [5, 5.41) is 0. The van der Waals surface area contributed by atoms with Crippen molar-refractivity contribution in [3.63, 3.8) is 0 Å². The fraction of sp³-hybridized carbons (Fsp3) is 0.778. The first-order valence-electron chi connectivity index (χ1n) is 9.21. The smallest absolute Gasteiger partial charge is 0.275 e. The van der Waals surface area contributed by atoms with E-state index < -0.39 is 0 Å². The van der Waals surface area contributed by atoms with Crippen molar-refractivity contribution in [1.29, 1.82) is 0 Å². The molecule has 4 rings (SSSR count). The van der Waals surface area contributed by atoms with Crippen LogP contribution in [-0.2, 0) is 9.47 Å². The highest BCUT2D eigenvalue weighted by Crippen LogP contribution is 2.35. The molecule has 1 atom stereocenters. The molecule has 2 aliphatic heterocycles. The Kier molecular flexibility index (Phi) is 4.85. The Labute approximate surface area is 142 Å². The number of hydrogen-bond donors (Lipinski definition) is 0. The monoisotopic (exact) mass is 334 g/mol. The molecule has 24 heavy (non-hydrogen) atoms. The maximum absolute atomic E-state index is 12.8. The molecule has 0 bridgehead atoms. The molecule has 3 heterocycles. The molecule has 132 valence electrons. The second kappa shape index (κ2) is 7.23. The summed E-state index contributed by atoms with van der Waals surface area (Å²) in [6.45, 7) is 4.29. The Morgan fingerprint density at radius 3 is 2.67 bits per heavy atom. The van der Waals surface area contributed by atoms with Crippen molar-refractivity contribution in [1.82, 2.24) is 9.88 Å². The number of aromatic nitrogens is 1. The molecule has 0 N–H and O–H groups in total. The molecule has 0 aromatic carbocycles. The molecular weight excluding hydrogens is 308 g/mol. The van der Waals surface area contributed by atoms with Gasteiger partial charge in [-0.25, -0.2) is 4.98 Å². The van der Waals surface area contributed by atoms with Crippen LogP contribution >= 0.6 is 0 Å². The Hall–Kier alpha value is -1.40. The number of amides is 1. The first kappa shape index (κ1) is 16.1. The van der Waals surface area contributed by atoms with Gasteiger partial charge in [-0.15, -0.1) is 0 Å². The molecule has 3 aliphatic rings. The van der Waals surface area contributed by atoms with Crippen LogP contribution in [0.3, 0.4) is 0 Å². The Morgan fingerprint density at radius 1 is 1.08 bits per heavy atom. The fourth-order valence-electron chi connectivity index (χ4n) is 3.90. The normalized spacial score (nSPS) is 26.8. The van der Waals surface area contributed by atoms with E-state index in [1.165, 1.54) is 25.5 Å². The van der Waals surface area contributed by atoms with E-state index >= 15 is 0 Å². The van der Waals surface area contributed by atoms with E-state index in [1.54, 1.807) is 0 Å². The molecule has 6 nitrogen and oxygen atoms in total. The molecule has 1 aliphatic carbocycles. The van der Waals surface area contributed by atoms with Gasteiger partial charge in [0, 0.05) is 38.1 Å². The summed E-state index contributed by atoms with van der Waals surface area (Å²) in [5.74, 6) is 2.12. The average Bonchev–Trinajstić information content (AvgIpc) is 2.94. The maximum Gasteiger partial charge on any atom is 0.275 e. The quantitative estimate of drug-likeness (QED) is 0.849. The lowest BCUT2D eigenvalue weighted by atomic mass is 9.76. The molecule has 1 amide bonds. The number of nitrogens with zero attached hydrogens (tertiary/aromatic N) is 2. The summed E-state index contributed by atoms with van der Waals surface area (Å²) in [7, 11) is 0. The summed E-state index contributed by atoms with van der Waals surface area (Å²) in [6, 6.07) is 0. The van der Waals surface area contributed by atoms with Crippen molar-refractivity contribution >= 4 is 5.91 Å². The predicted octanol–water partition coefficient (Wildman–Crippen LogP) is 2.46. The number of carbonyl (C=O) groups is 1. The van der Waals surface area contributed by atoms with Gasteiger partial charge in [-0.05, 0) is 18.8 Å². The Bertz CT molecular complexity index is 563. The molecule has 1 unspecified atom stereocenters. The van der Waals surface area contributed by atoms with E-state index in [0.29, 0.717) is 36.6 Å². The second-order valence-electron chi connectivity index (χ2n) is 7.23. The first-order chi connectivity index (χ1) is 11.8. The van der Waals surface area contributed by atoms with E-state index in [-0.39, 0.29) is 11.8 Å². The zero-order valence-corrected chi connectivity index (χ0v) is 14.1. The van der Waals surface area contributed by atoms with Gasteiger partial charge < -0.3 is 18.8 Å². The topological polar surface area (TPSA) is 64.8 Å². The van der Waals surface area contributed by atoms with Crippen LogP contribution in [0.15, 0.2) is 10.7 Å². The third-order valence-corrected chi connectivity index (χ3v) is 5.71. The Morgan fingerprint density at radius 2 is 1.92 bits per heavy atom. The number of oxazole rings is 1. The molecule has 6 heteroatoms. The second-order valence-corrected chi connectivity index (χ2v) is 7.23. The van der Waals surface area contributed by atoms with Gasteiger partial charge in [0.2, 0.25) is 0 Å². The first-order valence-corrected chi connectivity index (χ1v) is 9.21. The molecule has 0 spiro atoms. The molecule has 1 aromatic rings. The standard InChI is InChI=1S/C18H26N2O4/c21-18(16-12-24-17(19-16)14-4-7-22-8-5-14)20-6-9-23-11-15(10-20)13-2-1-3-13/h12-15H,1-11H2. The lowest BCUT2D eigenvalue weighted by molar-refractivity contribution is 0.0682. The van der Waals surface area contributed by atoms with Crippen LogP contribution in [0.25, 0.3) is 0 Å². The summed E-state index contributed by atoms with van der Waals surface area (Å²) >= 11 is 0. The highest BCUT2D eigenvalue weighted by molar-refractivity contribution is 5.92. The SMILES string of the molecule is O=C(c1coc(C2CCOCC2)n1)N1CCOCC(C2CCC2)C1. The van der Waals surface area contributed by atoms with Crippen LogP contribution in [0.4, 0.5) is 0 Å². The zero-order valence-electron chi connectivity index (χ0n) is 14.1. The van der Waals surface area contributed by atoms with Gasteiger partial charge in [-0.1, -0.05) is 19.3 Å². The molecule has 0 radical (unpaired) electrons. The van der Waals surface area contributed by atoms with Gasteiger partial charge in [-0.3, -0.25) is 4.79 Å². The van der Waals surface area contributed by atoms with Gasteiger partial charge >= 0.3 is 0 Å². The van der Waals surface area contributed by atoms with E-state index in [0.717, 1.165) is 39.2 Å². The van der Waals surface area contributed by atoms with Gasteiger partial charge in [0.05, 0.1) is 13.2 Å². The minimum absolute atomic E-state index is 0.0214. The van der Waals surface area contributed by atoms with E-state index in [4.69, 9.17) is 13.9 Å². The van der Waals surface area contributed by atoms with Gasteiger partial charge in [0.25, 0.3) is 5.91 Å². The van der Waals surface area contributed by atoms with E-state index in [9.17, 15) is 4.79 Å². The minimum Gasteiger partial charge on any atom is -0.448 e. The van der Waals surface area contributed by atoms with Gasteiger partial charge in [-0.2, -0.15) is 0 Å². The van der Waals surface area contributed by atoms with Crippen LogP contribution < -0.4 is 0 Å². The van der Waals surface area contributed by atoms with Crippen LogP contribution in [0.1, 0.15) is 54.4 Å². The molecule has 1 saturated carbocycles. The third kappa shape index (κ3) is 3.35. The lowest BCUT2D eigenvalue weighted by Crippen LogP contribution is -2.39. The van der Waals surface area contributed by atoms with Gasteiger partial charge in [0.1, 0.15) is 6.26 Å². The van der Waals surface area contributed by atoms with Crippen LogP contribution in [-0.4, -0.2) is 55.3 Å². The van der Waals surface area contributed by atoms with Crippen molar-refractivity contribution in [3.8, 4) is 0 Å². The molecular formula is C18H26N2O4. The number of ether oxygens (including phenoxy) is 2. The van der Waals surface area contributed by atoms with Gasteiger partial charge in [0.15, 0.2) is 11.6 Å². The average molecular weight is 334 g/mol. The zero-order chi connectivity index (χ0) is 16.4. The Balaban J connectivity index is 1.43. The summed E-state index contributed by atoms with van der Waals surface area (Å²) in [5.41, 5.74) is 0.436. The minimum atomic E-state index is -0.0214. The maximum atomic E-state index is 12.8. The lowest BCUT2D eigenvalue weighted by Gasteiger charge is -2.34. The van der Waals surface area contributed by atoms with Crippen LogP contribution in [0.2, 0.25) is 0 Å². The van der Waals surface area contributed by atoms with Crippen molar-refractivity contribution in [2.24, 2.45) is 11.8 Å². The molecule has 1 aromatic heterocycles. The van der Waals surface area contributed by atoms with Crippen molar-refractivity contribution in [2.45, 2.75) is 38.0 Å². The van der Waals surface area contributed by atoms with Crippen molar-refractivity contribution < 1.29 is 18.7 Å². The van der Waals surface area contributed by atoms with E-state index in [2.05, 4.69) is 4.98 Å². The number of hydrogen-bond acceptors (Lipinski definition) is 5. The third-order valence-electron chi connectivity index (χ3n) is 5.71. The largest absolute Gasteiger partial charge is 0.448 e. The van der Waals surface area contributed by atoms with Crippen LogP contribution in [0, 0.1) is 11.8 Å². The highest BCUT2D eigenvalue weighted by atomic mass is 16.5. The fourth-order valence-corrected chi connectivity index (χ4v) is 3.90. The molecule has 2 saturated heterocycles. The molecule has 3 fully saturated rings. The van der Waals surface area contributed by atoms with Crippen LogP contribution in [0.5, 0.6) is 0 Å². The summed E-state index contributed by atoms with van der Waals surface area (Å²) in [4.78, 5) is 19.2.